The summed E-state index contributed by atoms with van der Waals surface area (Å²) in [6.45, 7) is -0.255. The molecule has 2 aromatic rings. The lowest BCUT2D eigenvalue weighted by atomic mass is 10.0. The summed E-state index contributed by atoms with van der Waals surface area (Å²) in [4.78, 5) is 12.2. The smallest absolute Gasteiger partial charge is 0.416 e. The summed E-state index contributed by atoms with van der Waals surface area (Å²) < 4.78 is 43.1. The number of benzene rings is 2. The van der Waals surface area contributed by atoms with Gasteiger partial charge in [-0.2, -0.15) is 13.2 Å². The van der Waals surface area contributed by atoms with Crippen molar-refractivity contribution in [1.29, 1.82) is 0 Å². The fourth-order valence-electron chi connectivity index (χ4n) is 2.10. The fraction of sp³-hybridized carbons (Fsp3) is 0.167. The van der Waals surface area contributed by atoms with Crippen LogP contribution >= 0.6 is 0 Å². The molecule has 2 rings (SSSR count). The third-order valence-electron chi connectivity index (χ3n) is 3.31. The number of carbonyl (C=O) groups excluding carboxylic acids is 1. The maximum atomic E-state index is 12.7. The highest BCUT2D eigenvalue weighted by Crippen LogP contribution is 2.29. The lowest BCUT2D eigenvalue weighted by Gasteiger charge is -2.07. The zero-order valence-electron chi connectivity index (χ0n) is 12.8. The van der Waals surface area contributed by atoms with E-state index < -0.39 is 17.5 Å². The number of halogens is 3. The van der Waals surface area contributed by atoms with Crippen molar-refractivity contribution < 1.29 is 27.8 Å². The first-order chi connectivity index (χ1) is 11.3. The number of hydrogen-bond acceptors (Lipinski definition) is 3. The Balaban J connectivity index is 2.25. The third-order valence-corrected chi connectivity index (χ3v) is 3.31. The molecular formula is C18H15F3O3. The fourth-order valence-corrected chi connectivity index (χ4v) is 2.10. The van der Waals surface area contributed by atoms with E-state index in [0.717, 1.165) is 12.1 Å². The SMILES string of the molecule is COc1cc(CO)cc(C(=O)C=Cc2cccc(C(F)(F)F)c2)c1. The molecular weight excluding hydrogens is 321 g/mol. The van der Waals surface area contributed by atoms with Gasteiger partial charge in [-0.25, -0.2) is 0 Å². The van der Waals surface area contributed by atoms with Gasteiger partial charge in [-0.15, -0.1) is 0 Å². The molecule has 24 heavy (non-hydrogen) atoms. The van der Waals surface area contributed by atoms with Crippen LogP contribution in [0.3, 0.4) is 0 Å². The van der Waals surface area contributed by atoms with Gasteiger partial charge in [0.15, 0.2) is 5.78 Å². The minimum atomic E-state index is -4.43. The summed E-state index contributed by atoms with van der Waals surface area (Å²) in [6, 6.07) is 9.28. The van der Waals surface area contributed by atoms with Crippen molar-refractivity contribution in [2.24, 2.45) is 0 Å². The summed E-state index contributed by atoms with van der Waals surface area (Å²) >= 11 is 0. The zero-order valence-corrected chi connectivity index (χ0v) is 12.8. The number of methoxy groups -OCH3 is 1. The van der Waals surface area contributed by atoms with Crippen molar-refractivity contribution in [2.75, 3.05) is 7.11 Å². The van der Waals surface area contributed by atoms with Crippen LogP contribution in [-0.4, -0.2) is 18.0 Å². The van der Waals surface area contributed by atoms with Crippen LogP contribution in [0.4, 0.5) is 13.2 Å². The molecule has 0 amide bonds. The highest BCUT2D eigenvalue weighted by molar-refractivity contribution is 6.07. The Bertz CT molecular complexity index is 742. The Morgan fingerprint density at radius 3 is 2.58 bits per heavy atom. The summed E-state index contributed by atoms with van der Waals surface area (Å²) in [6.07, 6.45) is -1.93. The highest BCUT2D eigenvalue weighted by Gasteiger charge is 2.30. The number of ether oxygens (including phenoxy) is 1. The third kappa shape index (κ3) is 4.45. The number of ketones is 1. The van der Waals surface area contributed by atoms with Crippen LogP contribution in [0.25, 0.3) is 6.08 Å². The summed E-state index contributed by atoms with van der Waals surface area (Å²) in [5.41, 5.74) is 0.274. The average Bonchev–Trinajstić information content (AvgIpc) is 2.58. The molecule has 6 heteroatoms. The number of rotatable bonds is 5. The van der Waals surface area contributed by atoms with Crippen LogP contribution in [0.2, 0.25) is 0 Å². The van der Waals surface area contributed by atoms with Gasteiger partial charge in [-0.05, 0) is 47.5 Å². The van der Waals surface area contributed by atoms with Gasteiger partial charge in [-0.1, -0.05) is 18.2 Å². The van der Waals surface area contributed by atoms with Gasteiger partial charge in [0.25, 0.3) is 0 Å². The quantitative estimate of drug-likeness (QED) is 0.660. The van der Waals surface area contributed by atoms with Crippen LogP contribution < -0.4 is 4.74 Å². The molecule has 0 spiro atoms. The Hall–Kier alpha value is -2.60. The largest absolute Gasteiger partial charge is 0.497 e. The second kappa shape index (κ2) is 7.31. The normalized spacial score (nSPS) is 11.7. The van der Waals surface area contributed by atoms with Crippen molar-refractivity contribution in [3.05, 3.63) is 70.8 Å². The highest BCUT2D eigenvalue weighted by atomic mass is 19.4. The molecule has 3 nitrogen and oxygen atoms in total. The first-order valence-electron chi connectivity index (χ1n) is 7.02. The van der Waals surface area contributed by atoms with Crippen molar-refractivity contribution in [1.82, 2.24) is 0 Å². The minimum absolute atomic E-state index is 0.255. The van der Waals surface area contributed by atoms with Gasteiger partial charge in [0, 0.05) is 5.56 Å². The van der Waals surface area contributed by atoms with E-state index in [1.54, 1.807) is 6.07 Å². The Labute approximate surface area is 137 Å². The van der Waals surface area contributed by atoms with E-state index in [0.29, 0.717) is 11.3 Å². The molecule has 1 N–H and O–H groups in total. The van der Waals surface area contributed by atoms with Crippen LogP contribution in [0.15, 0.2) is 48.5 Å². The van der Waals surface area contributed by atoms with Crippen LogP contribution in [0, 0.1) is 0 Å². The molecule has 2 aromatic carbocycles. The minimum Gasteiger partial charge on any atom is -0.497 e. The second-order valence-electron chi connectivity index (χ2n) is 5.05. The Kier molecular flexibility index (Phi) is 5.41. The Morgan fingerprint density at radius 2 is 1.96 bits per heavy atom. The number of hydrogen-bond donors (Lipinski definition) is 1. The predicted molar refractivity (Wildman–Crippen MR) is 83.7 cm³/mol. The van der Waals surface area contributed by atoms with Crippen molar-refractivity contribution in [2.45, 2.75) is 12.8 Å². The summed E-state index contributed by atoms with van der Waals surface area (Å²) in [5.74, 6) is 0.0124. The van der Waals surface area contributed by atoms with Gasteiger partial charge in [0.05, 0.1) is 19.3 Å². The van der Waals surface area contributed by atoms with Gasteiger partial charge in [0.2, 0.25) is 0 Å². The van der Waals surface area contributed by atoms with Crippen LogP contribution in [-0.2, 0) is 12.8 Å². The molecule has 0 aliphatic rings. The molecule has 0 aromatic heterocycles. The van der Waals surface area contributed by atoms with E-state index in [2.05, 4.69) is 0 Å². The molecule has 0 bridgehead atoms. The van der Waals surface area contributed by atoms with Crippen LogP contribution in [0.1, 0.15) is 27.0 Å². The standard InChI is InChI=1S/C18H15F3O3/c1-24-16-9-13(11-22)7-14(10-16)17(23)6-5-12-3-2-4-15(8-12)18(19,20)21/h2-10,22H,11H2,1H3. The van der Waals surface area contributed by atoms with E-state index in [1.165, 1.54) is 43.5 Å². The molecule has 0 aliphatic heterocycles. The van der Waals surface area contributed by atoms with E-state index in [1.807, 2.05) is 0 Å². The monoisotopic (exact) mass is 336 g/mol. The molecule has 0 heterocycles. The number of allylic oxidation sites excluding steroid dienone is 1. The van der Waals surface area contributed by atoms with Crippen molar-refractivity contribution in [3.63, 3.8) is 0 Å². The number of aliphatic hydroxyl groups excluding tert-OH is 1. The van der Waals surface area contributed by atoms with Gasteiger partial charge < -0.3 is 9.84 Å². The molecule has 0 aliphatic carbocycles. The lowest BCUT2D eigenvalue weighted by molar-refractivity contribution is -0.137. The van der Waals surface area contributed by atoms with E-state index in [-0.39, 0.29) is 17.7 Å². The zero-order chi connectivity index (χ0) is 17.7. The first-order valence-corrected chi connectivity index (χ1v) is 7.02. The molecule has 0 atom stereocenters. The molecule has 0 saturated carbocycles. The Morgan fingerprint density at radius 1 is 1.21 bits per heavy atom. The van der Waals surface area contributed by atoms with E-state index in [9.17, 15) is 23.1 Å². The van der Waals surface area contributed by atoms with Crippen LogP contribution in [0.5, 0.6) is 5.75 Å². The van der Waals surface area contributed by atoms with Gasteiger partial charge in [0.1, 0.15) is 5.75 Å². The topological polar surface area (TPSA) is 46.5 Å². The molecule has 0 unspecified atom stereocenters. The number of aliphatic hydroxyl groups is 1. The van der Waals surface area contributed by atoms with Gasteiger partial charge in [-0.3, -0.25) is 4.79 Å². The summed E-state index contributed by atoms with van der Waals surface area (Å²) in [7, 11) is 1.43. The second-order valence-corrected chi connectivity index (χ2v) is 5.05. The molecule has 126 valence electrons. The van der Waals surface area contributed by atoms with Crippen molar-refractivity contribution in [3.8, 4) is 5.75 Å². The van der Waals surface area contributed by atoms with Gasteiger partial charge >= 0.3 is 6.18 Å². The predicted octanol–water partition coefficient (Wildman–Crippen LogP) is 4.10. The number of alkyl halides is 3. The molecule has 0 saturated heterocycles. The lowest BCUT2D eigenvalue weighted by Crippen LogP contribution is -2.04. The maximum absolute atomic E-state index is 12.7. The summed E-state index contributed by atoms with van der Waals surface area (Å²) in [5, 5.41) is 9.19. The van der Waals surface area contributed by atoms with E-state index >= 15 is 0 Å². The average molecular weight is 336 g/mol. The molecule has 0 radical (unpaired) electrons. The maximum Gasteiger partial charge on any atom is 0.416 e. The van der Waals surface area contributed by atoms with Crippen molar-refractivity contribution >= 4 is 11.9 Å². The first kappa shape index (κ1) is 17.7. The number of carbonyl (C=O) groups is 1. The molecule has 0 fully saturated rings. The van der Waals surface area contributed by atoms with E-state index in [4.69, 9.17) is 4.74 Å².